The molecular formula is C20H28ClNO. The fraction of sp³-hybridized carbons (Fsp3) is 0.650. The molecule has 0 aromatic heterocycles. The van der Waals surface area contributed by atoms with Crippen molar-refractivity contribution in [3.05, 3.63) is 28.8 Å². The summed E-state index contributed by atoms with van der Waals surface area (Å²) in [4.78, 5) is 13.8. The summed E-state index contributed by atoms with van der Waals surface area (Å²) < 4.78 is 0. The molecule has 1 aliphatic heterocycles. The third kappa shape index (κ3) is 3.91. The molecule has 1 aromatic carbocycles. The molecule has 1 saturated carbocycles. The maximum absolute atomic E-state index is 11.3. The van der Waals surface area contributed by atoms with Crippen LogP contribution < -0.4 is 4.90 Å². The van der Waals surface area contributed by atoms with E-state index in [-0.39, 0.29) is 0 Å². The highest BCUT2D eigenvalue weighted by Crippen LogP contribution is 2.47. The molecule has 1 heterocycles. The number of nitrogens with zero attached hydrogens (tertiary/aromatic N) is 1. The number of anilines is 1. The van der Waals surface area contributed by atoms with Crippen molar-refractivity contribution in [1.82, 2.24) is 0 Å². The van der Waals surface area contributed by atoms with Crippen LogP contribution in [-0.2, 0) is 4.79 Å². The zero-order valence-electron chi connectivity index (χ0n) is 14.4. The molecule has 1 aromatic rings. The summed E-state index contributed by atoms with van der Waals surface area (Å²) in [6, 6.07) is 6.31. The monoisotopic (exact) mass is 333 g/mol. The van der Waals surface area contributed by atoms with Crippen molar-refractivity contribution in [3.63, 3.8) is 0 Å². The van der Waals surface area contributed by atoms with Crippen LogP contribution in [0.4, 0.5) is 5.69 Å². The number of benzene rings is 1. The zero-order chi connectivity index (χ0) is 16.4. The quantitative estimate of drug-likeness (QED) is 0.737. The summed E-state index contributed by atoms with van der Waals surface area (Å²) >= 11 is 6.40. The Labute approximate surface area is 145 Å². The fourth-order valence-electron chi connectivity index (χ4n) is 4.49. The summed E-state index contributed by atoms with van der Waals surface area (Å²) in [7, 11) is 0. The maximum atomic E-state index is 11.3. The second kappa shape index (κ2) is 6.84. The molecule has 2 fully saturated rings. The van der Waals surface area contributed by atoms with Gasteiger partial charge in [-0.15, -0.1) is 0 Å². The molecular weight excluding hydrogens is 306 g/mol. The SMILES string of the molecule is CC(=O)CC1CCC2(CC1)CCN(c1cc(C)ccc1Cl)CC2. The van der Waals surface area contributed by atoms with Crippen molar-refractivity contribution in [3.8, 4) is 0 Å². The molecule has 1 saturated heterocycles. The molecule has 126 valence electrons. The Morgan fingerprint density at radius 1 is 1.22 bits per heavy atom. The number of carbonyl (C=O) groups is 1. The van der Waals surface area contributed by atoms with Gasteiger partial charge in [0.1, 0.15) is 5.78 Å². The van der Waals surface area contributed by atoms with E-state index in [1.165, 1.54) is 49.8 Å². The number of hydrogen-bond acceptors (Lipinski definition) is 2. The summed E-state index contributed by atoms with van der Waals surface area (Å²) in [5, 5.41) is 0.872. The number of ketones is 1. The number of halogens is 1. The first kappa shape index (κ1) is 16.8. The van der Waals surface area contributed by atoms with E-state index < -0.39 is 0 Å². The molecule has 1 spiro atoms. The average Bonchev–Trinajstić information content (AvgIpc) is 2.53. The van der Waals surface area contributed by atoms with Crippen LogP contribution in [0.2, 0.25) is 5.02 Å². The first-order valence-electron chi connectivity index (χ1n) is 8.98. The van der Waals surface area contributed by atoms with Gasteiger partial charge in [0.05, 0.1) is 10.7 Å². The van der Waals surface area contributed by atoms with E-state index in [9.17, 15) is 4.79 Å². The lowest BCUT2D eigenvalue weighted by atomic mass is 9.65. The lowest BCUT2D eigenvalue weighted by Crippen LogP contribution is -2.42. The minimum Gasteiger partial charge on any atom is -0.370 e. The number of hydrogen-bond donors (Lipinski definition) is 0. The zero-order valence-corrected chi connectivity index (χ0v) is 15.2. The normalized spacial score (nSPS) is 21.6. The molecule has 0 N–H and O–H groups in total. The van der Waals surface area contributed by atoms with Crippen LogP contribution in [0.1, 0.15) is 57.4 Å². The van der Waals surface area contributed by atoms with Crippen LogP contribution >= 0.6 is 11.6 Å². The van der Waals surface area contributed by atoms with Crippen molar-refractivity contribution in [2.75, 3.05) is 18.0 Å². The third-order valence-electron chi connectivity index (χ3n) is 6.01. The first-order valence-corrected chi connectivity index (χ1v) is 9.36. The van der Waals surface area contributed by atoms with Crippen LogP contribution in [0.25, 0.3) is 0 Å². The van der Waals surface area contributed by atoms with Crippen molar-refractivity contribution in [1.29, 1.82) is 0 Å². The van der Waals surface area contributed by atoms with E-state index in [0.717, 1.165) is 24.5 Å². The van der Waals surface area contributed by atoms with Gasteiger partial charge in [-0.2, -0.15) is 0 Å². The second-order valence-electron chi connectivity index (χ2n) is 7.79. The lowest BCUT2D eigenvalue weighted by molar-refractivity contribution is -0.118. The Balaban J connectivity index is 1.58. The first-order chi connectivity index (χ1) is 11.0. The lowest BCUT2D eigenvalue weighted by Gasteiger charge is -2.46. The third-order valence-corrected chi connectivity index (χ3v) is 6.33. The molecule has 0 unspecified atom stereocenters. The molecule has 1 aliphatic carbocycles. The molecule has 0 radical (unpaired) electrons. The van der Waals surface area contributed by atoms with Gasteiger partial charge in [-0.3, -0.25) is 0 Å². The molecule has 2 nitrogen and oxygen atoms in total. The van der Waals surface area contributed by atoms with Gasteiger partial charge in [0, 0.05) is 19.5 Å². The van der Waals surface area contributed by atoms with Crippen molar-refractivity contribution in [2.45, 2.75) is 58.8 Å². The highest BCUT2D eigenvalue weighted by atomic mass is 35.5. The van der Waals surface area contributed by atoms with E-state index in [1.807, 2.05) is 6.07 Å². The molecule has 23 heavy (non-hydrogen) atoms. The van der Waals surface area contributed by atoms with Gasteiger partial charge in [0.25, 0.3) is 0 Å². The topological polar surface area (TPSA) is 20.3 Å². The van der Waals surface area contributed by atoms with Crippen LogP contribution in [0.15, 0.2) is 18.2 Å². The van der Waals surface area contributed by atoms with E-state index >= 15 is 0 Å². The highest BCUT2D eigenvalue weighted by Gasteiger charge is 2.38. The standard InChI is InChI=1S/C20H28ClNO/c1-15-3-4-18(21)19(13-15)22-11-9-20(10-12-22)7-5-17(6-8-20)14-16(2)23/h3-4,13,17H,5-12,14H2,1-2H3. The number of rotatable bonds is 3. The number of carbonyl (C=O) groups excluding carboxylic acids is 1. The van der Waals surface area contributed by atoms with Gasteiger partial charge < -0.3 is 9.69 Å². The smallest absolute Gasteiger partial charge is 0.130 e. The van der Waals surface area contributed by atoms with Crippen LogP contribution in [0.5, 0.6) is 0 Å². The Bertz CT molecular complexity index is 565. The maximum Gasteiger partial charge on any atom is 0.130 e. The van der Waals surface area contributed by atoms with Gasteiger partial charge in [-0.25, -0.2) is 0 Å². The van der Waals surface area contributed by atoms with Gasteiger partial charge in [0.2, 0.25) is 0 Å². The predicted octanol–water partition coefficient (Wildman–Crippen LogP) is 5.40. The van der Waals surface area contributed by atoms with Gasteiger partial charge >= 0.3 is 0 Å². The van der Waals surface area contributed by atoms with Gasteiger partial charge in [-0.05, 0) is 81.4 Å². The van der Waals surface area contributed by atoms with Gasteiger partial charge in [0.15, 0.2) is 0 Å². The highest BCUT2D eigenvalue weighted by molar-refractivity contribution is 6.33. The minimum absolute atomic E-state index is 0.356. The fourth-order valence-corrected chi connectivity index (χ4v) is 4.72. The molecule has 3 rings (SSSR count). The Kier molecular flexibility index (Phi) is 5.01. The second-order valence-corrected chi connectivity index (χ2v) is 8.20. The number of piperidine rings is 1. The summed E-state index contributed by atoms with van der Waals surface area (Å²) in [6.07, 6.45) is 8.42. The summed E-state index contributed by atoms with van der Waals surface area (Å²) in [5.74, 6) is 0.997. The van der Waals surface area contributed by atoms with E-state index in [1.54, 1.807) is 6.92 Å². The van der Waals surface area contributed by atoms with Crippen molar-refractivity contribution < 1.29 is 4.79 Å². The van der Waals surface area contributed by atoms with Crippen molar-refractivity contribution >= 4 is 23.1 Å². The van der Waals surface area contributed by atoms with Crippen LogP contribution in [0.3, 0.4) is 0 Å². The van der Waals surface area contributed by atoms with Crippen LogP contribution in [0, 0.1) is 18.3 Å². The Morgan fingerprint density at radius 3 is 2.48 bits per heavy atom. The predicted molar refractivity (Wildman–Crippen MR) is 97.3 cm³/mol. The van der Waals surface area contributed by atoms with E-state index in [0.29, 0.717) is 17.1 Å². The Hall–Kier alpha value is -1.02. The molecule has 0 bridgehead atoms. The molecule has 0 atom stereocenters. The largest absolute Gasteiger partial charge is 0.370 e. The number of aryl methyl sites for hydroxylation is 1. The summed E-state index contributed by atoms with van der Waals surface area (Å²) in [5.41, 5.74) is 3.00. The van der Waals surface area contributed by atoms with Crippen LogP contribution in [-0.4, -0.2) is 18.9 Å². The van der Waals surface area contributed by atoms with E-state index in [2.05, 4.69) is 24.0 Å². The van der Waals surface area contributed by atoms with E-state index in [4.69, 9.17) is 11.6 Å². The molecule has 3 heteroatoms. The minimum atomic E-state index is 0.356. The summed E-state index contributed by atoms with van der Waals surface area (Å²) in [6.45, 7) is 6.08. The van der Waals surface area contributed by atoms with Gasteiger partial charge in [-0.1, -0.05) is 17.7 Å². The number of Topliss-reactive ketones (excluding diaryl/α,β-unsaturated/α-hetero) is 1. The molecule has 0 amide bonds. The average molecular weight is 334 g/mol. The Morgan fingerprint density at radius 2 is 1.87 bits per heavy atom. The molecule has 2 aliphatic rings. The van der Waals surface area contributed by atoms with Crippen molar-refractivity contribution in [2.24, 2.45) is 11.3 Å².